The third kappa shape index (κ3) is 13.7. The number of carbonyl (C=O) groups is 1. The quantitative estimate of drug-likeness (QED) is 0.208. The smallest absolute Gasteiger partial charge is 0.243 e. The van der Waals surface area contributed by atoms with E-state index in [-0.39, 0.29) is 30.2 Å². The molecule has 1 unspecified atom stereocenters. The molecule has 0 saturated carbocycles. The van der Waals surface area contributed by atoms with Gasteiger partial charge in [0.05, 0.1) is 6.04 Å². The average Bonchev–Trinajstić information content (AvgIpc) is 2.43. The lowest BCUT2D eigenvalue weighted by Gasteiger charge is -2.16. The van der Waals surface area contributed by atoms with Crippen molar-refractivity contribution in [3.05, 3.63) is 12.7 Å². The molecule has 5 heteroatoms. The molecule has 0 radical (unpaired) electrons. The van der Waals surface area contributed by atoms with E-state index >= 15 is 0 Å². The maximum absolute atomic E-state index is 11.2. The Morgan fingerprint density at radius 3 is 2.05 bits per heavy atom. The van der Waals surface area contributed by atoms with Gasteiger partial charge in [0.15, 0.2) is 0 Å². The van der Waals surface area contributed by atoms with Crippen LogP contribution < -0.4 is 11.1 Å². The van der Waals surface area contributed by atoms with Crippen LogP contribution in [0.3, 0.4) is 0 Å². The van der Waals surface area contributed by atoms with Crippen LogP contribution in [0, 0.1) is 5.41 Å². The number of rotatable bonds is 13. The van der Waals surface area contributed by atoms with Gasteiger partial charge >= 0.3 is 0 Å². The Bertz CT molecular complexity index is 295. The standard InChI is InChI=1S/C16H31N3O.ClH/c1-3-5-6-7-8-9-10-11-12-13-14(16(17)18)19-15(20)4-2;/h4,14H,2-3,5-13H2,1H3,(H3,17,18)(H,19,20);1H. The highest BCUT2D eigenvalue weighted by molar-refractivity contribution is 5.92. The topological polar surface area (TPSA) is 79.0 Å². The fraction of sp³-hybridized carbons (Fsp3) is 0.750. The lowest BCUT2D eigenvalue weighted by atomic mass is 10.0. The van der Waals surface area contributed by atoms with Crippen LogP contribution in [0.5, 0.6) is 0 Å². The second-order valence-corrected chi connectivity index (χ2v) is 5.34. The first kappa shape index (κ1) is 22.3. The Balaban J connectivity index is 0. The van der Waals surface area contributed by atoms with Crippen LogP contribution in [0.4, 0.5) is 0 Å². The molecule has 0 aliphatic heterocycles. The molecule has 0 aromatic carbocycles. The first-order valence-corrected chi connectivity index (χ1v) is 7.88. The maximum Gasteiger partial charge on any atom is 0.243 e. The van der Waals surface area contributed by atoms with Crippen molar-refractivity contribution in [2.24, 2.45) is 5.73 Å². The van der Waals surface area contributed by atoms with Crippen molar-refractivity contribution in [3.63, 3.8) is 0 Å². The summed E-state index contributed by atoms with van der Waals surface area (Å²) in [6, 6.07) is -0.343. The van der Waals surface area contributed by atoms with Crippen LogP contribution in [-0.2, 0) is 4.79 Å². The van der Waals surface area contributed by atoms with E-state index in [0.29, 0.717) is 0 Å². The summed E-state index contributed by atoms with van der Waals surface area (Å²) in [4.78, 5) is 11.2. The Kier molecular flexibility index (Phi) is 16.3. The zero-order valence-corrected chi connectivity index (χ0v) is 14.1. The molecule has 21 heavy (non-hydrogen) atoms. The van der Waals surface area contributed by atoms with Crippen molar-refractivity contribution in [2.45, 2.75) is 77.2 Å². The van der Waals surface area contributed by atoms with Gasteiger partial charge in [0.25, 0.3) is 0 Å². The van der Waals surface area contributed by atoms with Crippen LogP contribution in [-0.4, -0.2) is 17.8 Å². The third-order valence-electron chi connectivity index (χ3n) is 3.47. The minimum absolute atomic E-state index is 0. The lowest BCUT2D eigenvalue weighted by molar-refractivity contribution is -0.116. The summed E-state index contributed by atoms with van der Waals surface area (Å²) in [6.07, 6.45) is 13.3. The van der Waals surface area contributed by atoms with E-state index in [2.05, 4.69) is 18.8 Å². The van der Waals surface area contributed by atoms with Crippen LogP contribution >= 0.6 is 12.4 Å². The van der Waals surface area contributed by atoms with Gasteiger partial charge in [-0.3, -0.25) is 10.2 Å². The van der Waals surface area contributed by atoms with Crippen molar-refractivity contribution in [2.75, 3.05) is 0 Å². The predicted molar refractivity (Wildman–Crippen MR) is 93.1 cm³/mol. The molecule has 0 saturated heterocycles. The van der Waals surface area contributed by atoms with Gasteiger partial charge in [-0.15, -0.1) is 12.4 Å². The Morgan fingerprint density at radius 1 is 1.14 bits per heavy atom. The number of hydrogen-bond donors (Lipinski definition) is 3. The number of nitrogens with two attached hydrogens (primary N) is 1. The predicted octanol–water partition coefficient (Wildman–Crippen LogP) is 3.94. The Morgan fingerprint density at radius 2 is 1.62 bits per heavy atom. The van der Waals surface area contributed by atoms with E-state index in [1.165, 1.54) is 51.0 Å². The fourth-order valence-corrected chi connectivity index (χ4v) is 2.20. The fourth-order valence-electron chi connectivity index (χ4n) is 2.20. The molecule has 0 fully saturated rings. The molecule has 4 N–H and O–H groups in total. The Labute approximate surface area is 135 Å². The van der Waals surface area contributed by atoms with Crippen molar-refractivity contribution < 1.29 is 4.79 Å². The first-order valence-electron chi connectivity index (χ1n) is 7.88. The molecular weight excluding hydrogens is 286 g/mol. The molecule has 124 valence electrons. The second kappa shape index (κ2) is 15.4. The number of amides is 1. The van der Waals surface area contributed by atoms with Crippen molar-refractivity contribution in [1.29, 1.82) is 5.41 Å². The third-order valence-corrected chi connectivity index (χ3v) is 3.47. The molecule has 0 aliphatic carbocycles. The van der Waals surface area contributed by atoms with Crippen LogP contribution in [0.15, 0.2) is 12.7 Å². The van der Waals surface area contributed by atoms with Gasteiger partial charge < -0.3 is 11.1 Å². The Hall–Kier alpha value is -1.03. The number of unbranched alkanes of at least 4 members (excludes halogenated alkanes) is 8. The first-order chi connectivity index (χ1) is 9.61. The summed E-state index contributed by atoms with van der Waals surface area (Å²) >= 11 is 0. The maximum atomic E-state index is 11.2. The van der Waals surface area contributed by atoms with Crippen LogP contribution in [0.25, 0.3) is 0 Å². The van der Waals surface area contributed by atoms with Gasteiger partial charge in [0.1, 0.15) is 5.84 Å². The van der Waals surface area contributed by atoms with E-state index in [4.69, 9.17) is 11.1 Å². The molecular formula is C16H32ClN3O. The number of halogens is 1. The summed E-state index contributed by atoms with van der Waals surface area (Å²) < 4.78 is 0. The molecule has 1 amide bonds. The van der Waals surface area contributed by atoms with Gasteiger partial charge in [-0.1, -0.05) is 71.3 Å². The van der Waals surface area contributed by atoms with Gasteiger partial charge in [0, 0.05) is 0 Å². The van der Waals surface area contributed by atoms with E-state index in [1.54, 1.807) is 0 Å². The van der Waals surface area contributed by atoms with E-state index in [0.717, 1.165) is 19.3 Å². The molecule has 0 heterocycles. The summed E-state index contributed by atoms with van der Waals surface area (Å²) in [5.74, 6) is -0.235. The van der Waals surface area contributed by atoms with E-state index in [1.807, 2.05) is 0 Å². The van der Waals surface area contributed by atoms with E-state index < -0.39 is 0 Å². The summed E-state index contributed by atoms with van der Waals surface area (Å²) in [6.45, 7) is 5.63. The van der Waals surface area contributed by atoms with Crippen molar-refractivity contribution >= 4 is 24.1 Å². The number of amidine groups is 1. The molecule has 4 nitrogen and oxygen atoms in total. The highest BCUT2D eigenvalue weighted by atomic mass is 35.5. The monoisotopic (exact) mass is 317 g/mol. The van der Waals surface area contributed by atoms with Gasteiger partial charge in [-0.25, -0.2) is 0 Å². The molecule has 0 aliphatic rings. The zero-order chi connectivity index (χ0) is 15.2. The second-order valence-electron chi connectivity index (χ2n) is 5.34. The molecule has 0 spiro atoms. The molecule has 0 bridgehead atoms. The summed E-state index contributed by atoms with van der Waals surface area (Å²) in [5, 5.41) is 10.1. The van der Waals surface area contributed by atoms with Gasteiger partial charge in [0.2, 0.25) is 5.91 Å². The summed E-state index contributed by atoms with van der Waals surface area (Å²) in [5.41, 5.74) is 5.48. The van der Waals surface area contributed by atoms with Crippen LogP contribution in [0.1, 0.15) is 71.1 Å². The number of carbonyl (C=O) groups excluding carboxylic acids is 1. The van der Waals surface area contributed by atoms with E-state index in [9.17, 15) is 4.79 Å². The van der Waals surface area contributed by atoms with Crippen molar-refractivity contribution in [3.8, 4) is 0 Å². The zero-order valence-electron chi connectivity index (χ0n) is 13.3. The SMILES string of the molecule is C=CC(=O)NC(CCCCCCCCCCC)C(=N)N.Cl. The van der Waals surface area contributed by atoms with Gasteiger partial charge in [-0.05, 0) is 12.5 Å². The highest BCUT2D eigenvalue weighted by Crippen LogP contribution is 2.11. The lowest BCUT2D eigenvalue weighted by Crippen LogP contribution is -2.43. The number of nitrogens with one attached hydrogen (secondary N) is 2. The molecule has 0 aromatic heterocycles. The summed E-state index contributed by atoms with van der Waals surface area (Å²) in [7, 11) is 0. The number of hydrogen-bond acceptors (Lipinski definition) is 2. The largest absolute Gasteiger partial charge is 0.386 e. The van der Waals surface area contributed by atoms with Crippen LogP contribution in [0.2, 0.25) is 0 Å². The molecule has 0 aromatic rings. The molecule has 0 rings (SSSR count). The minimum Gasteiger partial charge on any atom is -0.386 e. The highest BCUT2D eigenvalue weighted by Gasteiger charge is 2.12. The normalized spacial score (nSPS) is 11.3. The van der Waals surface area contributed by atoms with Crippen molar-refractivity contribution in [1.82, 2.24) is 5.32 Å². The minimum atomic E-state index is -0.343. The van der Waals surface area contributed by atoms with Gasteiger partial charge in [-0.2, -0.15) is 0 Å². The molecule has 1 atom stereocenters. The average molecular weight is 318 g/mol.